The molecule has 0 rings (SSSR count). The van der Waals surface area contributed by atoms with Crippen LogP contribution in [-0.2, 0) is 19.0 Å². The third-order valence-electron chi connectivity index (χ3n) is 3.50. The first-order valence-corrected chi connectivity index (χ1v) is 8.02. The SMILES string of the molecule is C=CC(C)NC(C)(CC)OCCC(C)(C)OC(=O)COCC. The van der Waals surface area contributed by atoms with Crippen LogP contribution < -0.4 is 5.32 Å². The molecule has 0 aliphatic rings. The fourth-order valence-corrected chi connectivity index (χ4v) is 1.88. The molecule has 5 heteroatoms. The summed E-state index contributed by atoms with van der Waals surface area (Å²) in [5.74, 6) is -0.344. The lowest BCUT2D eigenvalue weighted by Crippen LogP contribution is -2.48. The van der Waals surface area contributed by atoms with Gasteiger partial charge in [0.15, 0.2) is 0 Å². The van der Waals surface area contributed by atoms with E-state index < -0.39 is 11.3 Å². The lowest BCUT2D eigenvalue weighted by molar-refractivity contribution is -0.165. The number of rotatable bonds is 12. The van der Waals surface area contributed by atoms with Gasteiger partial charge < -0.3 is 14.2 Å². The van der Waals surface area contributed by atoms with Gasteiger partial charge in [-0.15, -0.1) is 6.58 Å². The predicted octanol–water partition coefficient (Wildman–Crippen LogP) is 3.04. The molecule has 0 amide bonds. The zero-order valence-electron chi connectivity index (χ0n) is 15.0. The number of carbonyl (C=O) groups excluding carboxylic acids is 1. The van der Waals surface area contributed by atoms with Gasteiger partial charge in [-0.3, -0.25) is 5.32 Å². The van der Waals surface area contributed by atoms with E-state index in [1.165, 1.54) is 0 Å². The van der Waals surface area contributed by atoms with E-state index in [0.29, 0.717) is 19.6 Å². The quantitative estimate of drug-likeness (QED) is 0.341. The standard InChI is InChI=1S/C17H33NO4/c1-8-14(4)18-17(7,9-2)21-12-11-16(5,6)22-15(19)13-20-10-3/h8,14,18H,1,9-13H2,2-7H3. The molecule has 0 aliphatic heterocycles. The third kappa shape index (κ3) is 9.18. The molecule has 130 valence electrons. The van der Waals surface area contributed by atoms with E-state index in [2.05, 4.69) is 18.8 Å². The van der Waals surface area contributed by atoms with Gasteiger partial charge >= 0.3 is 5.97 Å². The molecule has 2 unspecified atom stereocenters. The summed E-state index contributed by atoms with van der Waals surface area (Å²) in [7, 11) is 0. The summed E-state index contributed by atoms with van der Waals surface area (Å²) in [6, 6.07) is 0.169. The first kappa shape index (κ1) is 21.1. The van der Waals surface area contributed by atoms with Crippen molar-refractivity contribution in [2.24, 2.45) is 0 Å². The second-order valence-corrected chi connectivity index (χ2v) is 6.22. The van der Waals surface area contributed by atoms with E-state index in [1.54, 1.807) is 0 Å². The Morgan fingerprint density at radius 1 is 1.32 bits per heavy atom. The van der Waals surface area contributed by atoms with Crippen molar-refractivity contribution in [1.29, 1.82) is 0 Å². The molecular formula is C17H33NO4. The second-order valence-electron chi connectivity index (χ2n) is 6.22. The van der Waals surface area contributed by atoms with Gasteiger partial charge in [-0.05, 0) is 41.0 Å². The third-order valence-corrected chi connectivity index (χ3v) is 3.50. The molecule has 5 nitrogen and oxygen atoms in total. The number of hydrogen-bond acceptors (Lipinski definition) is 5. The average molecular weight is 315 g/mol. The van der Waals surface area contributed by atoms with Gasteiger partial charge in [0.05, 0.1) is 6.61 Å². The zero-order chi connectivity index (χ0) is 17.2. The Kier molecular flexibility index (Phi) is 9.56. The molecule has 0 aromatic carbocycles. The smallest absolute Gasteiger partial charge is 0.332 e. The Hall–Kier alpha value is -0.910. The number of ether oxygens (including phenoxy) is 3. The summed E-state index contributed by atoms with van der Waals surface area (Å²) < 4.78 is 16.4. The number of esters is 1. The second kappa shape index (κ2) is 9.98. The molecular weight excluding hydrogens is 282 g/mol. The minimum Gasteiger partial charge on any atom is -0.458 e. The Balaban J connectivity index is 4.28. The van der Waals surface area contributed by atoms with Gasteiger partial charge in [-0.1, -0.05) is 13.0 Å². The van der Waals surface area contributed by atoms with Gasteiger partial charge in [-0.2, -0.15) is 0 Å². The van der Waals surface area contributed by atoms with Crippen LogP contribution in [0.5, 0.6) is 0 Å². The van der Waals surface area contributed by atoms with Crippen LogP contribution >= 0.6 is 0 Å². The van der Waals surface area contributed by atoms with Crippen molar-refractivity contribution in [3.63, 3.8) is 0 Å². The Bertz CT molecular complexity index is 344. The molecule has 0 fully saturated rings. The highest BCUT2D eigenvalue weighted by Gasteiger charge is 2.27. The normalized spacial score (nSPS) is 15.9. The molecule has 0 saturated heterocycles. The van der Waals surface area contributed by atoms with E-state index in [9.17, 15) is 4.79 Å². The van der Waals surface area contributed by atoms with Crippen molar-refractivity contribution < 1.29 is 19.0 Å². The van der Waals surface area contributed by atoms with Gasteiger partial charge in [0.2, 0.25) is 0 Å². The van der Waals surface area contributed by atoms with Gasteiger partial charge in [-0.25, -0.2) is 4.79 Å². The molecule has 0 saturated carbocycles. The first-order valence-electron chi connectivity index (χ1n) is 8.02. The van der Waals surface area contributed by atoms with E-state index in [4.69, 9.17) is 14.2 Å². The number of hydrogen-bond donors (Lipinski definition) is 1. The highest BCUT2D eigenvalue weighted by atomic mass is 16.6. The van der Waals surface area contributed by atoms with E-state index in [-0.39, 0.29) is 18.6 Å². The first-order chi connectivity index (χ1) is 10.2. The van der Waals surface area contributed by atoms with Crippen LogP contribution in [0.2, 0.25) is 0 Å². The van der Waals surface area contributed by atoms with Crippen LogP contribution in [0.4, 0.5) is 0 Å². The zero-order valence-corrected chi connectivity index (χ0v) is 15.0. The molecule has 0 bridgehead atoms. The van der Waals surface area contributed by atoms with E-state index >= 15 is 0 Å². The van der Waals surface area contributed by atoms with E-state index in [1.807, 2.05) is 40.7 Å². The van der Waals surface area contributed by atoms with Crippen LogP contribution in [0.3, 0.4) is 0 Å². The number of carbonyl (C=O) groups is 1. The van der Waals surface area contributed by atoms with Gasteiger partial charge in [0.1, 0.15) is 17.9 Å². The van der Waals surface area contributed by atoms with E-state index in [0.717, 1.165) is 6.42 Å². The maximum atomic E-state index is 11.6. The van der Waals surface area contributed by atoms with Crippen molar-refractivity contribution in [3.8, 4) is 0 Å². The van der Waals surface area contributed by atoms with Crippen LogP contribution in [0.15, 0.2) is 12.7 Å². The summed E-state index contributed by atoms with van der Waals surface area (Å²) in [5, 5.41) is 3.38. The maximum absolute atomic E-state index is 11.6. The molecule has 22 heavy (non-hydrogen) atoms. The highest BCUT2D eigenvalue weighted by molar-refractivity contribution is 5.71. The average Bonchev–Trinajstić information content (AvgIpc) is 2.44. The summed E-state index contributed by atoms with van der Waals surface area (Å²) in [4.78, 5) is 11.6. The van der Waals surface area contributed by atoms with Crippen molar-refractivity contribution in [2.45, 2.75) is 71.8 Å². The molecule has 2 atom stereocenters. The molecule has 0 aromatic heterocycles. The Morgan fingerprint density at radius 2 is 1.95 bits per heavy atom. The van der Waals surface area contributed by atoms with Crippen LogP contribution in [-0.4, -0.2) is 43.2 Å². The lowest BCUT2D eigenvalue weighted by atomic mass is 10.1. The minimum absolute atomic E-state index is 0.00807. The Labute approximate surface area is 135 Å². The fraction of sp³-hybridized carbons (Fsp3) is 0.824. The van der Waals surface area contributed by atoms with Crippen LogP contribution in [0, 0.1) is 0 Å². The van der Waals surface area contributed by atoms with Gasteiger partial charge in [0, 0.05) is 19.1 Å². The summed E-state index contributed by atoms with van der Waals surface area (Å²) in [6.45, 7) is 16.5. The van der Waals surface area contributed by atoms with Crippen molar-refractivity contribution in [3.05, 3.63) is 12.7 Å². The Morgan fingerprint density at radius 3 is 2.45 bits per heavy atom. The fourth-order valence-electron chi connectivity index (χ4n) is 1.88. The van der Waals surface area contributed by atoms with Crippen LogP contribution in [0.25, 0.3) is 0 Å². The summed E-state index contributed by atoms with van der Waals surface area (Å²) in [6.07, 6.45) is 3.29. The van der Waals surface area contributed by atoms with Crippen LogP contribution in [0.1, 0.15) is 54.4 Å². The maximum Gasteiger partial charge on any atom is 0.332 e. The summed E-state index contributed by atoms with van der Waals surface area (Å²) >= 11 is 0. The molecule has 0 heterocycles. The van der Waals surface area contributed by atoms with Crippen molar-refractivity contribution in [2.75, 3.05) is 19.8 Å². The molecule has 0 aliphatic carbocycles. The summed E-state index contributed by atoms with van der Waals surface area (Å²) in [5.41, 5.74) is -0.994. The molecule has 0 spiro atoms. The monoisotopic (exact) mass is 315 g/mol. The molecule has 0 aromatic rings. The number of nitrogens with one attached hydrogen (secondary N) is 1. The lowest BCUT2D eigenvalue weighted by Gasteiger charge is -2.34. The predicted molar refractivity (Wildman–Crippen MR) is 88.7 cm³/mol. The molecule has 1 N–H and O–H groups in total. The van der Waals surface area contributed by atoms with Gasteiger partial charge in [0.25, 0.3) is 0 Å². The topological polar surface area (TPSA) is 56.8 Å². The van der Waals surface area contributed by atoms with Crippen molar-refractivity contribution in [1.82, 2.24) is 5.32 Å². The minimum atomic E-state index is -0.576. The molecule has 0 radical (unpaired) electrons. The highest BCUT2D eigenvalue weighted by Crippen LogP contribution is 2.19. The van der Waals surface area contributed by atoms with Crippen molar-refractivity contribution >= 4 is 5.97 Å². The largest absolute Gasteiger partial charge is 0.458 e.